The van der Waals surface area contributed by atoms with E-state index in [0.717, 1.165) is 6.42 Å². The summed E-state index contributed by atoms with van der Waals surface area (Å²) in [7, 11) is 1.59. The van der Waals surface area contributed by atoms with Crippen molar-refractivity contribution in [1.29, 1.82) is 0 Å². The molecule has 6 nitrogen and oxygen atoms in total. The Labute approximate surface area is 150 Å². The maximum atomic E-state index is 12.1. The minimum absolute atomic E-state index is 0.0462. The lowest BCUT2D eigenvalue weighted by atomic mass is 10.2. The maximum Gasteiger partial charge on any atom is 0.264 e. The second kappa shape index (κ2) is 8.98. The van der Waals surface area contributed by atoms with E-state index in [1.54, 1.807) is 43.4 Å². The molecule has 0 radical (unpaired) electrons. The van der Waals surface area contributed by atoms with Crippen LogP contribution in [0.2, 0.25) is 0 Å². The molecule has 0 unspecified atom stereocenters. The quantitative estimate of drug-likeness (QED) is 0.798. The van der Waals surface area contributed by atoms with Gasteiger partial charge in [0.25, 0.3) is 11.8 Å². The summed E-state index contributed by atoms with van der Waals surface area (Å²) in [6.07, 6.45) is 0.873. The second-order valence-corrected chi connectivity index (χ2v) is 6.47. The van der Waals surface area contributed by atoms with Gasteiger partial charge in [0.05, 0.1) is 11.4 Å². The summed E-state index contributed by atoms with van der Waals surface area (Å²) in [5, 5.41) is 7.33. The summed E-state index contributed by atoms with van der Waals surface area (Å²) in [6.45, 7) is 2.57. The third-order valence-corrected chi connectivity index (χ3v) is 4.28. The van der Waals surface area contributed by atoms with Crippen LogP contribution < -0.4 is 10.6 Å². The fraction of sp³-hybridized carbons (Fsp3) is 0.278. The lowest BCUT2D eigenvalue weighted by Crippen LogP contribution is -2.34. The van der Waals surface area contributed by atoms with Gasteiger partial charge in [-0.1, -0.05) is 13.0 Å². The van der Waals surface area contributed by atoms with E-state index in [2.05, 4.69) is 10.6 Å². The fourth-order valence-corrected chi connectivity index (χ4v) is 2.84. The van der Waals surface area contributed by atoms with Gasteiger partial charge in [0.15, 0.2) is 0 Å². The molecule has 1 aromatic heterocycles. The summed E-state index contributed by atoms with van der Waals surface area (Å²) in [5.74, 6) is -0.621. The number of anilines is 1. The molecular formula is C18H21N3O3S. The zero-order chi connectivity index (χ0) is 18.2. The summed E-state index contributed by atoms with van der Waals surface area (Å²) in [6, 6.07) is 10.2. The van der Waals surface area contributed by atoms with Gasteiger partial charge >= 0.3 is 0 Å². The number of nitrogens with one attached hydrogen (secondary N) is 2. The molecule has 1 aromatic carbocycles. The third kappa shape index (κ3) is 5.42. The molecule has 0 bridgehead atoms. The van der Waals surface area contributed by atoms with Crippen LogP contribution in [0, 0.1) is 0 Å². The molecule has 3 amide bonds. The Morgan fingerprint density at radius 2 is 1.84 bits per heavy atom. The van der Waals surface area contributed by atoms with E-state index in [9.17, 15) is 14.4 Å². The second-order valence-electron chi connectivity index (χ2n) is 5.52. The zero-order valence-corrected chi connectivity index (χ0v) is 15.1. The molecule has 0 atom stereocenters. The highest BCUT2D eigenvalue weighted by atomic mass is 32.1. The molecule has 2 rings (SSSR count). The molecule has 0 aliphatic carbocycles. The lowest BCUT2D eigenvalue weighted by Gasteiger charge is -2.16. The van der Waals surface area contributed by atoms with E-state index in [0.29, 0.717) is 22.7 Å². The maximum absolute atomic E-state index is 12.1. The molecule has 0 saturated heterocycles. The molecule has 1 heterocycles. The molecule has 0 spiro atoms. The number of thiophene rings is 1. The van der Waals surface area contributed by atoms with Gasteiger partial charge in [0, 0.05) is 24.8 Å². The molecular weight excluding hydrogens is 338 g/mol. The van der Waals surface area contributed by atoms with Gasteiger partial charge in [-0.3, -0.25) is 14.4 Å². The molecule has 2 N–H and O–H groups in total. The first kappa shape index (κ1) is 18.7. The third-order valence-electron chi connectivity index (χ3n) is 3.43. The zero-order valence-electron chi connectivity index (χ0n) is 14.2. The summed E-state index contributed by atoms with van der Waals surface area (Å²) < 4.78 is 0. The van der Waals surface area contributed by atoms with Crippen LogP contribution in [-0.2, 0) is 4.79 Å². The van der Waals surface area contributed by atoms with Crippen molar-refractivity contribution in [2.24, 2.45) is 0 Å². The van der Waals surface area contributed by atoms with Crippen LogP contribution in [-0.4, -0.2) is 42.8 Å². The van der Waals surface area contributed by atoms with Crippen molar-refractivity contribution >= 4 is 34.7 Å². The van der Waals surface area contributed by atoms with Gasteiger partial charge in [-0.25, -0.2) is 0 Å². The van der Waals surface area contributed by atoms with Crippen LogP contribution in [0.1, 0.15) is 33.4 Å². The Morgan fingerprint density at radius 1 is 1.12 bits per heavy atom. The van der Waals surface area contributed by atoms with Gasteiger partial charge < -0.3 is 15.5 Å². The topological polar surface area (TPSA) is 78.5 Å². The van der Waals surface area contributed by atoms with E-state index < -0.39 is 0 Å². The number of hydrogen-bond donors (Lipinski definition) is 2. The van der Waals surface area contributed by atoms with E-state index >= 15 is 0 Å². The molecule has 0 fully saturated rings. The van der Waals surface area contributed by atoms with Crippen molar-refractivity contribution < 1.29 is 14.4 Å². The number of carbonyl (C=O) groups excluding carboxylic acids is 3. The van der Waals surface area contributed by atoms with Crippen molar-refractivity contribution in [3.63, 3.8) is 0 Å². The average Bonchev–Trinajstić information content (AvgIpc) is 3.14. The van der Waals surface area contributed by atoms with Crippen molar-refractivity contribution in [3.8, 4) is 0 Å². The summed E-state index contributed by atoms with van der Waals surface area (Å²) >= 11 is 1.34. The first-order chi connectivity index (χ1) is 12.0. The molecule has 7 heteroatoms. The van der Waals surface area contributed by atoms with Crippen LogP contribution >= 0.6 is 11.3 Å². The Hall–Kier alpha value is -2.67. The standard InChI is InChI=1S/C18H21N3O3S/c1-3-10-19-17(23)13-6-8-14(9-7-13)20-16(22)12-21(2)18(24)15-5-4-11-25-15/h4-9,11H,3,10,12H2,1-2H3,(H,19,23)(H,20,22). The first-order valence-corrected chi connectivity index (χ1v) is 8.86. The SMILES string of the molecule is CCCNC(=O)c1ccc(NC(=O)CN(C)C(=O)c2cccs2)cc1. The van der Waals surface area contributed by atoms with E-state index in [1.807, 2.05) is 12.3 Å². The largest absolute Gasteiger partial charge is 0.352 e. The predicted octanol–water partition coefficient (Wildman–Crippen LogP) is 2.60. The first-order valence-electron chi connectivity index (χ1n) is 7.98. The number of amides is 3. The molecule has 0 saturated carbocycles. The number of carbonyl (C=O) groups is 3. The van der Waals surface area contributed by atoms with Crippen LogP contribution in [0.15, 0.2) is 41.8 Å². The van der Waals surface area contributed by atoms with E-state index in [4.69, 9.17) is 0 Å². The van der Waals surface area contributed by atoms with Crippen LogP contribution in [0.5, 0.6) is 0 Å². The molecule has 132 valence electrons. The van der Waals surface area contributed by atoms with Crippen molar-refractivity contribution in [2.75, 3.05) is 25.5 Å². The smallest absolute Gasteiger partial charge is 0.264 e. The Kier molecular flexibility index (Phi) is 6.71. The Balaban J connectivity index is 1.88. The number of hydrogen-bond acceptors (Lipinski definition) is 4. The predicted molar refractivity (Wildman–Crippen MR) is 99.0 cm³/mol. The van der Waals surface area contributed by atoms with Crippen LogP contribution in [0.3, 0.4) is 0 Å². The molecule has 0 aliphatic heterocycles. The number of nitrogens with zero attached hydrogens (tertiary/aromatic N) is 1. The lowest BCUT2D eigenvalue weighted by molar-refractivity contribution is -0.116. The monoisotopic (exact) mass is 359 g/mol. The van der Waals surface area contributed by atoms with E-state index in [-0.39, 0.29) is 24.3 Å². The average molecular weight is 359 g/mol. The van der Waals surface area contributed by atoms with Crippen LogP contribution in [0.4, 0.5) is 5.69 Å². The van der Waals surface area contributed by atoms with Crippen molar-refractivity contribution in [3.05, 3.63) is 52.2 Å². The molecule has 25 heavy (non-hydrogen) atoms. The van der Waals surface area contributed by atoms with Gasteiger partial charge in [-0.15, -0.1) is 11.3 Å². The molecule has 2 aromatic rings. The highest BCUT2D eigenvalue weighted by molar-refractivity contribution is 7.12. The van der Waals surface area contributed by atoms with Crippen molar-refractivity contribution in [1.82, 2.24) is 10.2 Å². The number of likely N-dealkylation sites (N-methyl/N-ethyl adjacent to an activating group) is 1. The molecule has 0 aliphatic rings. The number of benzene rings is 1. The minimum atomic E-state index is -0.296. The number of rotatable bonds is 7. The highest BCUT2D eigenvalue weighted by Crippen LogP contribution is 2.12. The Morgan fingerprint density at radius 3 is 2.44 bits per heavy atom. The van der Waals surface area contributed by atoms with Crippen molar-refractivity contribution in [2.45, 2.75) is 13.3 Å². The van der Waals surface area contributed by atoms with E-state index in [1.165, 1.54) is 16.2 Å². The fourth-order valence-electron chi connectivity index (χ4n) is 2.12. The normalized spacial score (nSPS) is 10.2. The van der Waals surface area contributed by atoms with Gasteiger partial charge in [-0.05, 0) is 42.1 Å². The van der Waals surface area contributed by atoms with Crippen LogP contribution in [0.25, 0.3) is 0 Å². The Bertz CT molecular complexity index is 727. The minimum Gasteiger partial charge on any atom is -0.352 e. The highest BCUT2D eigenvalue weighted by Gasteiger charge is 2.15. The van der Waals surface area contributed by atoms with Gasteiger partial charge in [0.1, 0.15) is 0 Å². The van der Waals surface area contributed by atoms with Gasteiger partial charge in [-0.2, -0.15) is 0 Å². The summed E-state index contributed by atoms with van der Waals surface area (Å²) in [5.41, 5.74) is 1.12. The summed E-state index contributed by atoms with van der Waals surface area (Å²) in [4.78, 5) is 38.0. The van der Waals surface area contributed by atoms with Gasteiger partial charge in [0.2, 0.25) is 5.91 Å².